The largest absolute Gasteiger partial charge is 0.491 e. The first kappa shape index (κ1) is 16.8. The molecule has 5 heteroatoms. The second-order valence-corrected chi connectivity index (χ2v) is 6.86. The van der Waals surface area contributed by atoms with Gasteiger partial charge in [0.05, 0.1) is 11.7 Å². The van der Waals surface area contributed by atoms with Crippen molar-refractivity contribution in [3.8, 4) is 11.8 Å². The highest BCUT2D eigenvalue weighted by molar-refractivity contribution is 7.99. The van der Waals surface area contributed by atoms with Crippen LogP contribution >= 0.6 is 11.8 Å². The topological polar surface area (TPSA) is 66.1 Å². The minimum Gasteiger partial charge on any atom is -0.491 e. The van der Waals surface area contributed by atoms with Crippen LogP contribution < -0.4 is 4.74 Å². The highest BCUT2D eigenvalue weighted by Crippen LogP contribution is 2.27. The molecule has 1 aromatic heterocycles. The highest BCUT2D eigenvalue weighted by atomic mass is 32.2. The standard InChI is InChI=1S/C19H20N2O2S/c20-11-15-10-14-6-4-5-9-18(14)21-19(15)24-13-16(22)12-23-17-7-2-1-3-8-17/h1-3,7-8,10,16,22H,4-6,9,12-13H2. The summed E-state index contributed by atoms with van der Waals surface area (Å²) in [4.78, 5) is 4.66. The molecule has 1 aliphatic rings. The van der Waals surface area contributed by atoms with E-state index in [0.29, 0.717) is 11.3 Å². The summed E-state index contributed by atoms with van der Waals surface area (Å²) in [5.41, 5.74) is 2.92. The van der Waals surface area contributed by atoms with E-state index in [-0.39, 0.29) is 6.61 Å². The summed E-state index contributed by atoms with van der Waals surface area (Å²) in [5, 5.41) is 20.2. The van der Waals surface area contributed by atoms with Crippen LogP contribution in [-0.4, -0.2) is 28.6 Å². The van der Waals surface area contributed by atoms with Crippen LogP contribution in [0.15, 0.2) is 41.4 Å². The average molecular weight is 340 g/mol. The van der Waals surface area contributed by atoms with Crippen molar-refractivity contribution in [1.82, 2.24) is 4.98 Å². The van der Waals surface area contributed by atoms with Crippen LogP contribution in [0.5, 0.6) is 5.75 Å². The number of aliphatic hydroxyl groups excluding tert-OH is 1. The zero-order valence-corrected chi connectivity index (χ0v) is 14.3. The van der Waals surface area contributed by atoms with Crippen molar-refractivity contribution < 1.29 is 9.84 Å². The number of hydrogen-bond acceptors (Lipinski definition) is 5. The lowest BCUT2D eigenvalue weighted by atomic mass is 9.95. The number of nitriles is 1. The molecule has 1 aliphatic carbocycles. The minimum absolute atomic E-state index is 0.226. The Hall–Kier alpha value is -2.03. The lowest BCUT2D eigenvalue weighted by molar-refractivity contribution is 0.126. The maximum Gasteiger partial charge on any atom is 0.119 e. The quantitative estimate of drug-likeness (QED) is 0.817. The zero-order chi connectivity index (χ0) is 16.8. The fourth-order valence-electron chi connectivity index (χ4n) is 2.74. The maximum absolute atomic E-state index is 10.1. The molecule has 0 aliphatic heterocycles. The first-order valence-electron chi connectivity index (χ1n) is 8.18. The highest BCUT2D eigenvalue weighted by Gasteiger charge is 2.16. The van der Waals surface area contributed by atoms with Gasteiger partial charge in [0.1, 0.15) is 23.5 Å². The number of thioether (sulfide) groups is 1. The third-order valence-corrected chi connectivity index (χ3v) is 5.12. The molecule has 2 aromatic rings. The molecule has 0 radical (unpaired) electrons. The van der Waals surface area contributed by atoms with E-state index in [4.69, 9.17) is 4.74 Å². The average Bonchev–Trinajstić information content (AvgIpc) is 2.64. The number of aromatic nitrogens is 1. The van der Waals surface area contributed by atoms with Gasteiger partial charge in [0, 0.05) is 11.4 Å². The Morgan fingerprint density at radius 3 is 2.83 bits per heavy atom. The molecule has 1 heterocycles. The number of rotatable bonds is 6. The maximum atomic E-state index is 10.1. The SMILES string of the molecule is N#Cc1cc2c(nc1SCC(O)COc1ccccc1)CCCC2. The molecule has 1 atom stereocenters. The normalized spacial score (nSPS) is 14.5. The third kappa shape index (κ3) is 4.28. The van der Waals surface area contributed by atoms with Crippen molar-refractivity contribution in [2.24, 2.45) is 0 Å². The number of pyridine rings is 1. The predicted molar refractivity (Wildman–Crippen MR) is 94.3 cm³/mol. The molecular formula is C19H20N2O2S. The van der Waals surface area contributed by atoms with Gasteiger partial charge in [-0.05, 0) is 49.4 Å². The number of fused-ring (bicyclic) bond motifs is 1. The van der Waals surface area contributed by atoms with Gasteiger partial charge in [0.2, 0.25) is 0 Å². The van der Waals surface area contributed by atoms with Crippen LogP contribution in [0.25, 0.3) is 0 Å². The van der Waals surface area contributed by atoms with Crippen LogP contribution in [0.1, 0.15) is 29.7 Å². The summed E-state index contributed by atoms with van der Waals surface area (Å²) in [6.45, 7) is 0.226. The zero-order valence-electron chi connectivity index (χ0n) is 13.4. The molecule has 3 rings (SSSR count). The van der Waals surface area contributed by atoms with Crippen LogP contribution in [-0.2, 0) is 12.8 Å². The molecule has 0 saturated carbocycles. The molecule has 1 unspecified atom stereocenters. The summed E-state index contributed by atoms with van der Waals surface area (Å²) in [6.07, 6.45) is 3.70. The lowest BCUT2D eigenvalue weighted by Gasteiger charge is -2.17. The number of nitrogens with zero attached hydrogens (tertiary/aromatic N) is 2. The molecule has 1 N–H and O–H groups in total. The fourth-order valence-corrected chi connectivity index (χ4v) is 3.62. The Balaban J connectivity index is 1.58. The van der Waals surface area contributed by atoms with Gasteiger partial charge in [-0.25, -0.2) is 4.98 Å². The van der Waals surface area contributed by atoms with Gasteiger partial charge in [-0.15, -0.1) is 11.8 Å². The van der Waals surface area contributed by atoms with E-state index in [9.17, 15) is 10.4 Å². The molecule has 124 valence electrons. The lowest BCUT2D eigenvalue weighted by Crippen LogP contribution is -2.20. The Morgan fingerprint density at radius 1 is 1.25 bits per heavy atom. The predicted octanol–water partition coefficient (Wildman–Crippen LogP) is 3.36. The molecule has 0 fully saturated rings. The number of aliphatic hydroxyl groups is 1. The van der Waals surface area contributed by atoms with Crippen molar-refractivity contribution in [3.05, 3.63) is 53.2 Å². The van der Waals surface area contributed by atoms with Crippen LogP contribution in [0.3, 0.4) is 0 Å². The molecule has 0 bridgehead atoms. The van der Waals surface area contributed by atoms with Gasteiger partial charge in [0.25, 0.3) is 0 Å². The molecule has 24 heavy (non-hydrogen) atoms. The Bertz CT molecular complexity index is 728. The van der Waals surface area contributed by atoms with Crippen molar-refractivity contribution in [3.63, 3.8) is 0 Å². The molecule has 1 aromatic carbocycles. The van der Waals surface area contributed by atoms with Gasteiger partial charge in [0.15, 0.2) is 0 Å². The second-order valence-electron chi connectivity index (χ2n) is 5.85. The molecule has 0 amide bonds. The van der Waals surface area contributed by atoms with E-state index < -0.39 is 6.10 Å². The summed E-state index contributed by atoms with van der Waals surface area (Å²) in [6, 6.07) is 13.6. The molecular weight excluding hydrogens is 320 g/mol. The summed E-state index contributed by atoms with van der Waals surface area (Å²) in [7, 11) is 0. The molecule has 0 saturated heterocycles. The van der Waals surface area contributed by atoms with Crippen molar-refractivity contribution in [2.75, 3.05) is 12.4 Å². The smallest absolute Gasteiger partial charge is 0.119 e. The van der Waals surface area contributed by atoms with E-state index in [1.807, 2.05) is 36.4 Å². The molecule has 0 spiro atoms. The van der Waals surface area contributed by atoms with Crippen molar-refractivity contribution in [1.29, 1.82) is 5.26 Å². The minimum atomic E-state index is -0.611. The van der Waals surface area contributed by atoms with E-state index >= 15 is 0 Å². The Kier molecular flexibility index (Phi) is 5.73. The fraction of sp³-hybridized carbons (Fsp3) is 0.368. The third-order valence-electron chi connectivity index (χ3n) is 3.98. The number of aryl methyl sites for hydroxylation is 2. The number of benzene rings is 1. The van der Waals surface area contributed by atoms with E-state index in [0.717, 1.165) is 35.7 Å². The van der Waals surface area contributed by atoms with Crippen molar-refractivity contribution in [2.45, 2.75) is 36.8 Å². The number of para-hydroxylation sites is 1. The second kappa shape index (κ2) is 8.18. The van der Waals surface area contributed by atoms with Crippen LogP contribution in [0.4, 0.5) is 0 Å². The summed E-state index contributed by atoms with van der Waals surface area (Å²) >= 11 is 1.42. The van der Waals surface area contributed by atoms with E-state index in [2.05, 4.69) is 11.1 Å². The number of ether oxygens (including phenoxy) is 1. The Morgan fingerprint density at radius 2 is 2.04 bits per heavy atom. The van der Waals surface area contributed by atoms with Gasteiger partial charge < -0.3 is 9.84 Å². The van der Waals surface area contributed by atoms with Gasteiger partial charge in [-0.1, -0.05) is 18.2 Å². The first-order valence-corrected chi connectivity index (χ1v) is 9.16. The van der Waals surface area contributed by atoms with Gasteiger partial charge in [-0.2, -0.15) is 5.26 Å². The van der Waals surface area contributed by atoms with Gasteiger partial charge >= 0.3 is 0 Å². The van der Waals surface area contributed by atoms with Crippen LogP contribution in [0, 0.1) is 11.3 Å². The monoisotopic (exact) mass is 340 g/mol. The van der Waals surface area contributed by atoms with E-state index in [1.165, 1.54) is 23.7 Å². The summed E-state index contributed by atoms with van der Waals surface area (Å²) < 4.78 is 5.55. The van der Waals surface area contributed by atoms with Crippen molar-refractivity contribution >= 4 is 11.8 Å². The van der Waals surface area contributed by atoms with E-state index in [1.54, 1.807) is 0 Å². The van der Waals surface area contributed by atoms with Gasteiger partial charge in [-0.3, -0.25) is 0 Å². The Labute approximate surface area is 146 Å². The first-order chi connectivity index (χ1) is 11.8. The number of hydrogen-bond donors (Lipinski definition) is 1. The summed E-state index contributed by atoms with van der Waals surface area (Å²) in [5.74, 6) is 1.19. The molecule has 4 nitrogen and oxygen atoms in total. The van der Waals surface area contributed by atoms with Crippen LogP contribution in [0.2, 0.25) is 0 Å².